The molecular weight excluding hydrogens is 268 g/mol. The van der Waals surface area contributed by atoms with Gasteiger partial charge in [0, 0.05) is 37.1 Å². The number of imidazole rings is 1. The number of nitrogens with one attached hydrogen (secondary N) is 3. The van der Waals surface area contributed by atoms with Gasteiger partial charge in [0.25, 0.3) is 0 Å². The van der Waals surface area contributed by atoms with Crippen LogP contribution in [0.15, 0.2) is 41.5 Å². The van der Waals surface area contributed by atoms with Gasteiger partial charge in [0.05, 0.1) is 5.69 Å². The van der Waals surface area contributed by atoms with Crippen molar-refractivity contribution < 1.29 is 4.79 Å². The second-order valence-electron chi connectivity index (χ2n) is 5.22. The molecule has 6 heteroatoms. The molecule has 1 atom stereocenters. The summed E-state index contributed by atoms with van der Waals surface area (Å²) in [7, 11) is 0. The lowest BCUT2D eigenvalue weighted by molar-refractivity contribution is -0.120. The first-order valence-corrected chi connectivity index (χ1v) is 7.12. The van der Waals surface area contributed by atoms with Crippen molar-refractivity contribution in [2.45, 2.75) is 25.3 Å². The van der Waals surface area contributed by atoms with Crippen molar-refractivity contribution >= 4 is 11.6 Å². The molecule has 1 fully saturated rings. The fourth-order valence-corrected chi connectivity index (χ4v) is 2.58. The van der Waals surface area contributed by atoms with E-state index < -0.39 is 0 Å². The number of hydrogen-bond acceptors (Lipinski definition) is 3. The van der Waals surface area contributed by atoms with Crippen LogP contribution in [0.2, 0.25) is 0 Å². The fourth-order valence-electron chi connectivity index (χ4n) is 2.58. The highest BCUT2D eigenvalue weighted by atomic mass is 16.2. The Kier molecular flexibility index (Phi) is 3.77. The van der Waals surface area contributed by atoms with Gasteiger partial charge in [-0.3, -0.25) is 9.36 Å². The Labute approximate surface area is 122 Å². The summed E-state index contributed by atoms with van der Waals surface area (Å²) in [5.41, 5.74) is 1.61. The predicted octanol–water partition coefficient (Wildman–Crippen LogP) is 1.25. The lowest BCUT2D eigenvalue weighted by atomic mass is 10.1. The van der Waals surface area contributed by atoms with Crippen LogP contribution in [0.4, 0.5) is 5.69 Å². The molecule has 6 nitrogen and oxygen atoms in total. The standard InChI is InChI=1S/C15H18N4O2/c20-14-10-12(2-1-7-16-14)18-11-3-5-13(6-4-11)19-9-8-17-15(19)21/h3-6,8-9,12,18H,1-2,7,10H2,(H,16,20)(H,17,21). The number of amides is 1. The Bertz CT molecular complexity index is 671. The molecule has 1 aliphatic heterocycles. The van der Waals surface area contributed by atoms with Crippen LogP contribution >= 0.6 is 0 Å². The van der Waals surface area contributed by atoms with Crippen LogP contribution in [0.25, 0.3) is 5.69 Å². The summed E-state index contributed by atoms with van der Waals surface area (Å²) < 4.78 is 1.54. The summed E-state index contributed by atoms with van der Waals surface area (Å²) in [5, 5.41) is 6.26. The first-order valence-electron chi connectivity index (χ1n) is 7.12. The second kappa shape index (κ2) is 5.87. The van der Waals surface area contributed by atoms with Gasteiger partial charge in [-0.15, -0.1) is 0 Å². The first-order chi connectivity index (χ1) is 10.2. The van der Waals surface area contributed by atoms with E-state index in [1.54, 1.807) is 17.0 Å². The summed E-state index contributed by atoms with van der Waals surface area (Å²) in [6.07, 6.45) is 5.76. The van der Waals surface area contributed by atoms with E-state index in [2.05, 4.69) is 15.6 Å². The van der Waals surface area contributed by atoms with E-state index >= 15 is 0 Å². The Morgan fingerprint density at radius 1 is 1.19 bits per heavy atom. The van der Waals surface area contributed by atoms with Crippen LogP contribution in [0, 0.1) is 0 Å². The van der Waals surface area contributed by atoms with Gasteiger partial charge in [-0.25, -0.2) is 4.79 Å². The largest absolute Gasteiger partial charge is 0.382 e. The maximum atomic E-state index is 11.5. The molecule has 1 saturated heterocycles. The molecule has 2 heterocycles. The van der Waals surface area contributed by atoms with Gasteiger partial charge < -0.3 is 15.6 Å². The molecule has 1 aromatic heterocycles. The highest BCUT2D eigenvalue weighted by molar-refractivity contribution is 5.77. The average Bonchev–Trinajstić information content (AvgIpc) is 2.79. The Morgan fingerprint density at radius 2 is 2.00 bits per heavy atom. The number of H-pyrrole nitrogens is 1. The minimum atomic E-state index is -0.156. The Morgan fingerprint density at radius 3 is 2.71 bits per heavy atom. The van der Waals surface area contributed by atoms with Crippen molar-refractivity contribution in [1.29, 1.82) is 0 Å². The molecule has 0 radical (unpaired) electrons. The molecule has 1 aliphatic rings. The fraction of sp³-hybridized carbons (Fsp3) is 0.333. The van der Waals surface area contributed by atoms with Gasteiger partial charge in [0.1, 0.15) is 0 Å². The third kappa shape index (κ3) is 3.16. The third-order valence-corrected chi connectivity index (χ3v) is 3.65. The van der Waals surface area contributed by atoms with E-state index in [1.807, 2.05) is 24.3 Å². The number of aromatic amines is 1. The number of hydrogen-bond donors (Lipinski definition) is 3. The van der Waals surface area contributed by atoms with Crippen LogP contribution in [0.5, 0.6) is 0 Å². The number of benzene rings is 1. The summed E-state index contributed by atoms with van der Waals surface area (Å²) in [4.78, 5) is 25.7. The van der Waals surface area contributed by atoms with E-state index in [1.165, 1.54) is 0 Å². The number of carbonyl (C=O) groups excluding carboxylic acids is 1. The van der Waals surface area contributed by atoms with Crippen molar-refractivity contribution in [3.05, 3.63) is 47.1 Å². The zero-order chi connectivity index (χ0) is 14.7. The molecule has 0 bridgehead atoms. The predicted molar refractivity (Wildman–Crippen MR) is 80.7 cm³/mol. The van der Waals surface area contributed by atoms with Crippen molar-refractivity contribution in [2.24, 2.45) is 0 Å². The molecule has 2 aromatic rings. The van der Waals surface area contributed by atoms with Gasteiger partial charge in [0.2, 0.25) is 5.91 Å². The molecule has 0 spiro atoms. The molecule has 1 aromatic carbocycles. The van der Waals surface area contributed by atoms with Gasteiger partial charge in [-0.2, -0.15) is 0 Å². The molecule has 110 valence electrons. The van der Waals surface area contributed by atoms with E-state index in [4.69, 9.17) is 0 Å². The van der Waals surface area contributed by atoms with Crippen molar-refractivity contribution in [3.8, 4) is 5.69 Å². The van der Waals surface area contributed by atoms with Crippen molar-refractivity contribution in [3.63, 3.8) is 0 Å². The minimum absolute atomic E-state index is 0.0977. The van der Waals surface area contributed by atoms with Gasteiger partial charge in [0.15, 0.2) is 0 Å². The zero-order valence-corrected chi connectivity index (χ0v) is 11.6. The lowest BCUT2D eigenvalue weighted by Crippen LogP contribution is -2.26. The van der Waals surface area contributed by atoms with Crippen molar-refractivity contribution in [1.82, 2.24) is 14.9 Å². The summed E-state index contributed by atoms with van der Waals surface area (Å²) in [6.45, 7) is 0.756. The number of anilines is 1. The normalized spacial score (nSPS) is 18.9. The number of rotatable bonds is 3. The highest BCUT2D eigenvalue weighted by Crippen LogP contribution is 2.16. The van der Waals surface area contributed by atoms with E-state index in [0.29, 0.717) is 6.42 Å². The SMILES string of the molecule is O=C1CC(Nc2ccc(-n3cc[nH]c3=O)cc2)CCCN1. The molecule has 3 N–H and O–H groups in total. The maximum Gasteiger partial charge on any atom is 0.330 e. The maximum absolute atomic E-state index is 11.5. The molecule has 0 saturated carbocycles. The van der Waals surface area contributed by atoms with Crippen molar-refractivity contribution in [2.75, 3.05) is 11.9 Å². The molecule has 1 amide bonds. The van der Waals surface area contributed by atoms with Crippen LogP contribution < -0.4 is 16.3 Å². The van der Waals surface area contributed by atoms with Gasteiger partial charge >= 0.3 is 5.69 Å². The topological polar surface area (TPSA) is 78.9 Å². The Balaban J connectivity index is 1.71. The number of aromatic nitrogens is 2. The summed E-state index contributed by atoms with van der Waals surface area (Å²) >= 11 is 0. The molecule has 0 aliphatic carbocycles. The van der Waals surface area contributed by atoms with E-state index in [-0.39, 0.29) is 17.6 Å². The smallest absolute Gasteiger partial charge is 0.330 e. The van der Waals surface area contributed by atoms with Gasteiger partial charge in [-0.1, -0.05) is 0 Å². The number of nitrogens with zero attached hydrogens (tertiary/aromatic N) is 1. The number of carbonyl (C=O) groups is 1. The summed E-state index contributed by atoms with van der Waals surface area (Å²) in [5.74, 6) is 0.0977. The summed E-state index contributed by atoms with van der Waals surface area (Å²) in [6, 6.07) is 7.78. The van der Waals surface area contributed by atoms with Crippen LogP contribution in [0.3, 0.4) is 0 Å². The Hall–Kier alpha value is -2.50. The molecule has 1 unspecified atom stereocenters. The third-order valence-electron chi connectivity index (χ3n) is 3.65. The van der Waals surface area contributed by atoms with E-state index in [0.717, 1.165) is 30.8 Å². The monoisotopic (exact) mass is 286 g/mol. The average molecular weight is 286 g/mol. The first kappa shape index (κ1) is 13.5. The highest BCUT2D eigenvalue weighted by Gasteiger charge is 2.16. The molecule has 21 heavy (non-hydrogen) atoms. The zero-order valence-electron chi connectivity index (χ0n) is 11.6. The van der Waals surface area contributed by atoms with Crippen LogP contribution in [-0.4, -0.2) is 28.0 Å². The van der Waals surface area contributed by atoms with Crippen LogP contribution in [-0.2, 0) is 4.79 Å². The van der Waals surface area contributed by atoms with Crippen LogP contribution in [0.1, 0.15) is 19.3 Å². The minimum Gasteiger partial charge on any atom is -0.382 e. The molecular formula is C15H18N4O2. The lowest BCUT2D eigenvalue weighted by Gasteiger charge is -2.16. The molecule has 3 rings (SSSR count). The quantitative estimate of drug-likeness (QED) is 0.794. The van der Waals surface area contributed by atoms with Gasteiger partial charge in [-0.05, 0) is 37.1 Å². The second-order valence-corrected chi connectivity index (χ2v) is 5.22. The van der Waals surface area contributed by atoms with E-state index in [9.17, 15) is 9.59 Å².